The number of anilines is 1. The Labute approximate surface area is 192 Å². The monoisotopic (exact) mass is 455 g/mol. The lowest BCUT2D eigenvalue weighted by Gasteiger charge is -2.38. The molecule has 2 aliphatic heterocycles. The van der Waals surface area contributed by atoms with E-state index in [9.17, 15) is 0 Å². The Balaban J connectivity index is 1.55. The number of piperidine rings is 1. The first-order valence-electron chi connectivity index (χ1n) is 11.8. The molecule has 4 heterocycles. The zero-order chi connectivity index (χ0) is 23.1. The second kappa shape index (κ2) is 8.99. The van der Waals surface area contributed by atoms with Crippen molar-refractivity contribution in [2.75, 3.05) is 31.2 Å². The van der Waals surface area contributed by atoms with E-state index >= 15 is 8.78 Å². The van der Waals surface area contributed by atoms with Gasteiger partial charge in [0.2, 0.25) is 0 Å². The Bertz CT molecular complexity index is 1160. The summed E-state index contributed by atoms with van der Waals surface area (Å²) in [6, 6.07) is 5.50. The van der Waals surface area contributed by atoms with Gasteiger partial charge >= 0.3 is 0 Å². The molecule has 0 bridgehead atoms. The molecule has 2 aliphatic rings. The van der Waals surface area contributed by atoms with Crippen LogP contribution in [-0.4, -0.2) is 59.3 Å². The molecule has 176 valence electrons. The fourth-order valence-electron chi connectivity index (χ4n) is 5.06. The second-order valence-corrected chi connectivity index (χ2v) is 9.22. The van der Waals surface area contributed by atoms with Gasteiger partial charge in [-0.2, -0.15) is 5.10 Å². The van der Waals surface area contributed by atoms with Crippen molar-refractivity contribution in [1.29, 1.82) is 0 Å². The molecule has 2 aromatic heterocycles. The van der Waals surface area contributed by atoms with Crippen molar-refractivity contribution in [3.8, 4) is 11.3 Å². The number of rotatable bonds is 5. The van der Waals surface area contributed by atoms with E-state index in [0.717, 1.165) is 47.2 Å². The molecule has 2 saturated heterocycles. The number of aromatic nitrogens is 3. The first kappa shape index (κ1) is 22.2. The molecule has 0 amide bonds. The normalized spacial score (nSPS) is 23.5. The van der Waals surface area contributed by atoms with E-state index in [1.54, 1.807) is 10.7 Å². The van der Waals surface area contributed by atoms with E-state index in [1.165, 1.54) is 0 Å². The molecule has 33 heavy (non-hydrogen) atoms. The number of fused-ring (bicyclic) bond motifs is 1. The molecule has 3 atom stereocenters. The molecule has 0 unspecified atom stereocenters. The molecule has 3 aromatic rings. The highest BCUT2D eigenvalue weighted by molar-refractivity contribution is 5.94. The van der Waals surface area contributed by atoms with Crippen LogP contribution in [0.15, 0.2) is 24.4 Å². The molecule has 8 heteroatoms. The van der Waals surface area contributed by atoms with Crippen LogP contribution < -0.4 is 10.2 Å². The molecule has 0 saturated carbocycles. The van der Waals surface area contributed by atoms with Gasteiger partial charge in [0.25, 0.3) is 0 Å². The number of nitrogens with zero attached hydrogens (tertiary/aromatic N) is 4. The van der Waals surface area contributed by atoms with Gasteiger partial charge in [0.1, 0.15) is 23.3 Å². The van der Waals surface area contributed by atoms with Crippen LogP contribution in [0, 0.1) is 12.7 Å². The molecule has 0 aliphatic carbocycles. The summed E-state index contributed by atoms with van der Waals surface area (Å²) in [5.41, 5.74) is 3.79. The van der Waals surface area contributed by atoms with Gasteiger partial charge in [0.15, 0.2) is 0 Å². The van der Waals surface area contributed by atoms with Crippen LogP contribution >= 0.6 is 0 Å². The minimum atomic E-state index is -1.05. The lowest BCUT2D eigenvalue weighted by molar-refractivity contribution is 0.172. The standard InChI is InChI=1S/C25H31F2N5O/c1-4-16-11-18-15(2)23(22-5-8-31(3)30-22)25(29-24(18)19(26)12-16)32-9-6-21(20(27)13-32)28-17-7-10-33-14-17/h5,8,11-12,17,20-21,28H,4,6-7,9-10,13-14H2,1-3H3/t17-,20-,21+/m1/s1. The summed E-state index contributed by atoms with van der Waals surface area (Å²) < 4.78 is 37.5. The Morgan fingerprint density at radius 3 is 2.79 bits per heavy atom. The fourth-order valence-corrected chi connectivity index (χ4v) is 5.06. The number of alkyl halides is 1. The summed E-state index contributed by atoms with van der Waals surface area (Å²) in [5.74, 6) is 0.267. The predicted octanol–water partition coefficient (Wildman–Crippen LogP) is 3.94. The van der Waals surface area contributed by atoms with Crippen molar-refractivity contribution in [1.82, 2.24) is 20.1 Å². The maximum absolute atomic E-state index is 15.3. The summed E-state index contributed by atoms with van der Waals surface area (Å²) in [5, 5.41) is 8.82. The van der Waals surface area contributed by atoms with E-state index in [4.69, 9.17) is 9.72 Å². The van der Waals surface area contributed by atoms with E-state index in [1.807, 2.05) is 44.1 Å². The van der Waals surface area contributed by atoms with Gasteiger partial charge in [-0.3, -0.25) is 4.68 Å². The first-order valence-corrected chi connectivity index (χ1v) is 11.8. The SMILES string of the molecule is CCc1cc(F)c2nc(N3CC[C@H](N[C@@H]4CCOC4)[C@H](F)C3)c(-c3ccn(C)n3)c(C)c2c1. The van der Waals surface area contributed by atoms with Crippen LogP contribution in [0.5, 0.6) is 0 Å². The maximum atomic E-state index is 15.3. The highest BCUT2D eigenvalue weighted by Crippen LogP contribution is 2.38. The number of nitrogens with one attached hydrogen (secondary N) is 1. The van der Waals surface area contributed by atoms with Crippen LogP contribution in [0.1, 0.15) is 30.9 Å². The first-order chi connectivity index (χ1) is 15.9. The summed E-state index contributed by atoms with van der Waals surface area (Å²) >= 11 is 0. The van der Waals surface area contributed by atoms with Gasteiger partial charge in [-0.05, 0) is 55.5 Å². The van der Waals surface area contributed by atoms with Crippen LogP contribution in [0.4, 0.5) is 14.6 Å². The third-order valence-corrected chi connectivity index (χ3v) is 6.94. The zero-order valence-electron chi connectivity index (χ0n) is 19.4. The van der Waals surface area contributed by atoms with Crippen molar-refractivity contribution < 1.29 is 13.5 Å². The minimum Gasteiger partial charge on any atom is -0.380 e. The molecule has 1 N–H and O–H groups in total. The number of hydrogen-bond acceptors (Lipinski definition) is 5. The summed E-state index contributed by atoms with van der Waals surface area (Å²) in [6.07, 6.45) is 3.13. The van der Waals surface area contributed by atoms with Gasteiger partial charge in [-0.1, -0.05) is 6.92 Å². The molecular formula is C25H31F2N5O. The van der Waals surface area contributed by atoms with Crippen molar-refractivity contribution in [2.45, 2.75) is 51.4 Å². The lowest BCUT2D eigenvalue weighted by Crippen LogP contribution is -2.54. The smallest absolute Gasteiger partial charge is 0.149 e. The molecular weight excluding hydrogens is 424 g/mol. The number of ether oxygens (including phenoxy) is 1. The summed E-state index contributed by atoms with van der Waals surface area (Å²) in [6.45, 7) is 6.20. The highest BCUT2D eigenvalue weighted by Gasteiger charge is 2.34. The number of pyridine rings is 1. The summed E-state index contributed by atoms with van der Waals surface area (Å²) in [4.78, 5) is 6.73. The number of hydrogen-bond donors (Lipinski definition) is 1. The Hall–Kier alpha value is -2.58. The zero-order valence-corrected chi connectivity index (χ0v) is 19.4. The van der Waals surface area contributed by atoms with Gasteiger partial charge in [0, 0.05) is 49.4 Å². The molecule has 6 nitrogen and oxygen atoms in total. The molecule has 5 rings (SSSR count). The van der Waals surface area contributed by atoms with E-state index in [0.29, 0.717) is 30.9 Å². The van der Waals surface area contributed by atoms with Crippen LogP contribution in [-0.2, 0) is 18.2 Å². The van der Waals surface area contributed by atoms with Gasteiger partial charge in [-0.25, -0.2) is 13.8 Å². The van der Waals surface area contributed by atoms with E-state index in [-0.39, 0.29) is 24.4 Å². The fraction of sp³-hybridized carbons (Fsp3) is 0.520. The Morgan fingerprint density at radius 2 is 2.12 bits per heavy atom. The Morgan fingerprint density at radius 1 is 1.27 bits per heavy atom. The van der Waals surface area contributed by atoms with Crippen LogP contribution in [0.2, 0.25) is 0 Å². The van der Waals surface area contributed by atoms with Crippen LogP contribution in [0.3, 0.4) is 0 Å². The quantitative estimate of drug-likeness (QED) is 0.632. The third kappa shape index (κ3) is 4.22. The van der Waals surface area contributed by atoms with Gasteiger partial charge < -0.3 is 15.0 Å². The molecule has 0 radical (unpaired) electrons. The van der Waals surface area contributed by atoms with Crippen molar-refractivity contribution in [3.05, 3.63) is 41.3 Å². The highest BCUT2D eigenvalue weighted by atomic mass is 19.1. The largest absolute Gasteiger partial charge is 0.380 e. The Kier molecular flexibility index (Phi) is 6.05. The number of benzene rings is 1. The van der Waals surface area contributed by atoms with Gasteiger partial charge in [-0.15, -0.1) is 0 Å². The molecule has 2 fully saturated rings. The predicted molar refractivity (Wildman–Crippen MR) is 126 cm³/mol. The molecule has 0 spiro atoms. The van der Waals surface area contributed by atoms with E-state index in [2.05, 4.69) is 10.4 Å². The lowest BCUT2D eigenvalue weighted by atomic mass is 9.96. The van der Waals surface area contributed by atoms with Crippen molar-refractivity contribution in [3.63, 3.8) is 0 Å². The van der Waals surface area contributed by atoms with Crippen molar-refractivity contribution in [2.24, 2.45) is 7.05 Å². The second-order valence-electron chi connectivity index (χ2n) is 9.22. The third-order valence-electron chi connectivity index (χ3n) is 6.94. The van der Waals surface area contributed by atoms with Gasteiger partial charge in [0.05, 0.1) is 18.8 Å². The van der Waals surface area contributed by atoms with Crippen molar-refractivity contribution >= 4 is 16.7 Å². The average Bonchev–Trinajstić information content (AvgIpc) is 3.47. The number of aryl methyl sites for hydroxylation is 3. The van der Waals surface area contributed by atoms with E-state index < -0.39 is 6.17 Å². The summed E-state index contributed by atoms with van der Waals surface area (Å²) in [7, 11) is 1.86. The van der Waals surface area contributed by atoms with Crippen LogP contribution in [0.25, 0.3) is 22.2 Å². The minimum absolute atomic E-state index is 0.206. The molecule has 1 aromatic carbocycles. The maximum Gasteiger partial charge on any atom is 0.149 e. The average molecular weight is 456 g/mol. The topological polar surface area (TPSA) is 55.2 Å². The number of halogens is 2.